The smallest absolute Gasteiger partial charge is 0.326 e. The van der Waals surface area contributed by atoms with Gasteiger partial charge in [0.15, 0.2) is 5.82 Å². The van der Waals surface area contributed by atoms with Crippen molar-refractivity contribution in [3.63, 3.8) is 0 Å². The minimum Gasteiger partial charge on any atom is -0.480 e. The van der Waals surface area contributed by atoms with E-state index in [0.29, 0.717) is 61.1 Å². The molecule has 2 fully saturated rings. The maximum absolute atomic E-state index is 13.9. The number of primary amides is 1. The zero-order valence-electron chi connectivity index (χ0n) is 25.9. The van der Waals surface area contributed by atoms with E-state index in [4.69, 9.17) is 5.73 Å². The molecule has 1 atom stereocenters. The molecule has 0 bridgehead atoms. The van der Waals surface area contributed by atoms with Gasteiger partial charge in [-0.25, -0.2) is 22.0 Å². The van der Waals surface area contributed by atoms with Crippen molar-refractivity contribution in [2.24, 2.45) is 5.73 Å². The van der Waals surface area contributed by atoms with Crippen molar-refractivity contribution in [3.05, 3.63) is 71.3 Å². The molecule has 1 aromatic heterocycles. The van der Waals surface area contributed by atoms with E-state index in [-0.39, 0.29) is 27.2 Å². The van der Waals surface area contributed by atoms with Gasteiger partial charge in [0, 0.05) is 44.2 Å². The number of carbonyl (C=O) groups is 3. The number of H-pyrrole nitrogens is 1. The van der Waals surface area contributed by atoms with Gasteiger partial charge in [0.05, 0.1) is 37.8 Å². The molecule has 3 heterocycles. The number of sulfone groups is 1. The molecule has 4 aromatic rings. The predicted molar refractivity (Wildman–Crippen MR) is 173 cm³/mol. The summed E-state index contributed by atoms with van der Waals surface area (Å²) in [4.78, 5) is 44.1. The molecule has 0 radical (unpaired) electrons. The molecular formula is C32H33F2N7O6S. The van der Waals surface area contributed by atoms with Crippen LogP contribution in [-0.4, -0.2) is 92.2 Å². The van der Waals surface area contributed by atoms with E-state index in [1.54, 1.807) is 4.90 Å². The first-order chi connectivity index (χ1) is 22.8. The van der Waals surface area contributed by atoms with Crippen LogP contribution >= 0.6 is 0 Å². The number of carboxylic acids is 1. The number of hydrogen-bond donors (Lipinski definition) is 4. The fourth-order valence-corrected chi connectivity index (χ4v) is 7.55. The molecule has 2 saturated heterocycles. The first-order valence-electron chi connectivity index (χ1n) is 15.2. The van der Waals surface area contributed by atoms with Crippen molar-refractivity contribution in [1.29, 1.82) is 0 Å². The number of fused-ring (bicyclic) bond motifs is 1. The van der Waals surface area contributed by atoms with Gasteiger partial charge in [0.25, 0.3) is 5.91 Å². The van der Waals surface area contributed by atoms with Crippen LogP contribution in [0, 0.1) is 11.6 Å². The number of carboxylic acid groups (broad SMARTS) is 1. The molecule has 0 saturated carbocycles. The molecule has 252 valence electrons. The summed E-state index contributed by atoms with van der Waals surface area (Å²) < 4.78 is 54.2. The minimum absolute atomic E-state index is 0.0843. The number of nitrogens with zero attached hydrogens (tertiary/aromatic N) is 4. The number of rotatable bonds is 8. The van der Waals surface area contributed by atoms with Crippen molar-refractivity contribution >= 4 is 55.7 Å². The molecule has 5 N–H and O–H groups in total. The third-order valence-corrected chi connectivity index (χ3v) is 10.5. The molecule has 16 heteroatoms. The van der Waals surface area contributed by atoms with Gasteiger partial charge < -0.3 is 30.9 Å². The summed E-state index contributed by atoms with van der Waals surface area (Å²) in [6.07, 6.45) is 1.86. The minimum atomic E-state index is -4.37. The Morgan fingerprint density at radius 2 is 1.60 bits per heavy atom. The molecule has 2 aliphatic rings. The second kappa shape index (κ2) is 12.8. The van der Waals surface area contributed by atoms with Crippen LogP contribution in [0.2, 0.25) is 0 Å². The molecule has 48 heavy (non-hydrogen) atoms. The third-order valence-electron chi connectivity index (χ3n) is 8.79. The number of piperazine rings is 1. The summed E-state index contributed by atoms with van der Waals surface area (Å²) in [5, 5.41) is 19.7. The number of nitrogens with one attached hydrogen (secondary N) is 2. The van der Waals surface area contributed by atoms with Gasteiger partial charge in [0.1, 0.15) is 17.7 Å². The number of nitrogens with two attached hydrogens (primary N) is 1. The third kappa shape index (κ3) is 6.27. The second-order valence-electron chi connectivity index (χ2n) is 11.9. The van der Waals surface area contributed by atoms with E-state index in [1.165, 1.54) is 30.3 Å². The first kappa shape index (κ1) is 32.8. The number of likely N-dealkylation sites (N-methyl/N-ethyl adjacent to an activating group) is 1. The lowest BCUT2D eigenvalue weighted by atomic mass is 9.97. The SMILES string of the molecule is CN1CCN(c2cc(C(N)=O)c(C(=O)Nc3n[nH]c4ccc(S(=O)(=O)c5cc(F)cc(F)c5)cc34)cc2N2CCCCC2C(=O)O)CC1. The Labute approximate surface area is 274 Å². The van der Waals surface area contributed by atoms with E-state index in [2.05, 4.69) is 20.4 Å². The van der Waals surface area contributed by atoms with Crippen LogP contribution in [0.1, 0.15) is 40.0 Å². The van der Waals surface area contributed by atoms with E-state index in [0.717, 1.165) is 25.9 Å². The van der Waals surface area contributed by atoms with Crippen molar-refractivity contribution < 1.29 is 36.7 Å². The van der Waals surface area contributed by atoms with Crippen molar-refractivity contribution in [3.8, 4) is 0 Å². The van der Waals surface area contributed by atoms with Crippen LogP contribution in [0.5, 0.6) is 0 Å². The van der Waals surface area contributed by atoms with Crippen molar-refractivity contribution in [2.45, 2.75) is 35.1 Å². The molecule has 0 spiro atoms. The summed E-state index contributed by atoms with van der Waals surface area (Å²) in [5.74, 6) is -4.88. The normalized spacial score (nSPS) is 17.4. The number of aliphatic carboxylic acids is 1. The molecule has 3 aromatic carbocycles. The summed E-state index contributed by atoms with van der Waals surface area (Å²) in [6, 6.07) is 7.94. The fraction of sp³-hybridized carbons (Fsp3) is 0.312. The van der Waals surface area contributed by atoms with Crippen LogP contribution in [-0.2, 0) is 14.6 Å². The van der Waals surface area contributed by atoms with Crippen molar-refractivity contribution in [1.82, 2.24) is 15.1 Å². The molecule has 2 amide bonds. The topological polar surface area (TPSA) is 182 Å². The summed E-state index contributed by atoms with van der Waals surface area (Å²) in [7, 11) is -2.38. The lowest BCUT2D eigenvalue weighted by Gasteiger charge is -2.40. The van der Waals surface area contributed by atoms with Crippen LogP contribution in [0.15, 0.2) is 58.3 Å². The van der Waals surface area contributed by atoms with Gasteiger partial charge in [-0.2, -0.15) is 5.10 Å². The summed E-state index contributed by atoms with van der Waals surface area (Å²) >= 11 is 0. The zero-order valence-corrected chi connectivity index (χ0v) is 26.7. The first-order valence-corrected chi connectivity index (χ1v) is 16.7. The molecule has 2 aliphatic heterocycles. The Balaban J connectivity index is 1.41. The Morgan fingerprint density at radius 3 is 2.27 bits per heavy atom. The quantitative estimate of drug-likeness (QED) is 0.216. The Bertz CT molecular complexity index is 2030. The molecule has 13 nitrogen and oxygen atoms in total. The highest BCUT2D eigenvalue weighted by molar-refractivity contribution is 7.91. The number of aromatic nitrogens is 2. The van der Waals surface area contributed by atoms with E-state index in [1.807, 2.05) is 11.9 Å². The van der Waals surface area contributed by atoms with Gasteiger partial charge in [-0.15, -0.1) is 0 Å². The number of hydrogen-bond acceptors (Lipinski definition) is 9. The average molecular weight is 682 g/mol. The summed E-state index contributed by atoms with van der Waals surface area (Å²) in [5.41, 5.74) is 6.98. The number of anilines is 3. The van der Waals surface area contributed by atoms with Crippen LogP contribution in [0.3, 0.4) is 0 Å². The largest absolute Gasteiger partial charge is 0.480 e. The maximum atomic E-state index is 13.9. The van der Waals surface area contributed by atoms with Crippen molar-refractivity contribution in [2.75, 3.05) is 54.9 Å². The Kier molecular flexibility index (Phi) is 8.78. The van der Waals surface area contributed by atoms with Gasteiger partial charge in [-0.1, -0.05) is 0 Å². The standard InChI is InChI=1S/C32H33F2N7O6S/c1-39-8-10-40(11-9-39)27-16-22(29(35)42)23(17-28(27)41-7-3-2-4-26(41)32(44)45)31(43)36-30-24-15-20(5-6-25(24)37-38-30)48(46,47)21-13-18(33)12-19(34)14-21/h5-6,12-17,26H,2-4,7-11H2,1H3,(H2,35,42)(H,44,45)(H2,36,37,38,43). The molecule has 6 rings (SSSR count). The fourth-order valence-electron chi connectivity index (χ4n) is 6.23. The zero-order chi connectivity index (χ0) is 34.3. The number of aromatic amines is 1. The molecular weight excluding hydrogens is 648 g/mol. The van der Waals surface area contributed by atoms with Gasteiger partial charge >= 0.3 is 5.97 Å². The highest BCUT2D eigenvalue weighted by Gasteiger charge is 2.33. The van der Waals surface area contributed by atoms with Gasteiger partial charge in [-0.3, -0.25) is 14.7 Å². The van der Waals surface area contributed by atoms with E-state index in [9.17, 15) is 36.7 Å². The van der Waals surface area contributed by atoms with E-state index >= 15 is 0 Å². The number of benzene rings is 3. The van der Waals surface area contributed by atoms with Gasteiger partial charge in [0.2, 0.25) is 15.7 Å². The second-order valence-corrected chi connectivity index (χ2v) is 13.9. The number of halogens is 2. The van der Waals surface area contributed by atoms with Crippen LogP contribution < -0.4 is 20.9 Å². The highest BCUT2D eigenvalue weighted by atomic mass is 32.2. The Hall–Kier alpha value is -5.09. The maximum Gasteiger partial charge on any atom is 0.326 e. The lowest BCUT2D eigenvalue weighted by molar-refractivity contribution is -0.139. The molecule has 0 aliphatic carbocycles. The van der Waals surface area contributed by atoms with Crippen LogP contribution in [0.25, 0.3) is 10.9 Å². The monoisotopic (exact) mass is 681 g/mol. The lowest BCUT2D eigenvalue weighted by Crippen LogP contribution is -2.48. The van der Waals surface area contributed by atoms with Crippen LogP contribution in [0.4, 0.5) is 26.0 Å². The number of carbonyl (C=O) groups excluding carboxylic acids is 2. The Morgan fingerprint density at radius 1 is 0.917 bits per heavy atom. The predicted octanol–water partition coefficient (Wildman–Crippen LogP) is 3.22. The molecule has 1 unspecified atom stereocenters. The van der Waals surface area contributed by atoms with Gasteiger partial charge in [-0.05, 0) is 68.8 Å². The number of piperidine rings is 1. The average Bonchev–Trinajstić information content (AvgIpc) is 3.45. The van der Waals surface area contributed by atoms with E-state index < -0.39 is 50.2 Å². The summed E-state index contributed by atoms with van der Waals surface area (Å²) in [6.45, 7) is 3.09. The highest BCUT2D eigenvalue weighted by Crippen LogP contribution is 2.38. The number of amides is 2.